The highest BCUT2D eigenvalue weighted by molar-refractivity contribution is 8.00. The molecule has 0 radical (unpaired) electrons. The third-order valence-corrected chi connectivity index (χ3v) is 3.49. The fraction of sp³-hybridized carbons (Fsp3) is 1.00. The Morgan fingerprint density at radius 1 is 1.44 bits per heavy atom. The van der Waals surface area contributed by atoms with E-state index in [2.05, 4.69) is 26.8 Å². The lowest BCUT2D eigenvalue weighted by Crippen LogP contribution is -2.21. The topological polar surface area (TPSA) is 9.23 Å². The average molecular weight is 166 g/mol. The first kappa shape index (κ1) is 9.66. The highest BCUT2D eigenvalue weighted by Gasteiger charge is 2.24. The van der Waals surface area contributed by atoms with E-state index in [-0.39, 0.29) is 4.93 Å². The van der Waals surface area contributed by atoms with Gasteiger partial charge >= 0.3 is 0 Å². The normalized spacial score (nSPS) is 12.0. The molecule has 0 saturated heterocycles. The Labute approximate surface area is 67.2 Å². The Morgan fingerprint density at radius 2 is 1.89 bits per heavy atom. The Morgan fingerprint density at radius 3 is 1.89 bits per heavy atom. The first-order valence-corrected chi connectivity index (χ1v) is 4.71. The lowest BCUT2D eigenvalue weighted by atomic mass is 10.2. The monoisotopic (exact) mass is 166 g/mol. The molecule has 0 aliphatic heterocycles. The van der Waals surface area contributed by atoms with E-state index in [4.69, 9.17) is 4.18 Å². The molecule has 0 fully saturated rings. The van der Waals surface area contributed by atoms with E-state index in [0.717, 1.165) is 12.8 Å². The largest absolute Gasteiger partial charge is 0.301 e. The minimum absolute atomic E-state index is 0.0525. The summed E-state index contributed by atoms with van der Waals surface area (Å²) in [6, 6.07) is 0. The van der Waals surface area contributed by atoms with Gasteiger partial charge in [-0.05, 0) is 32.0 Å². The molecule has 0 unspecified atom stereocenters. The summed E-state index contributed by atoms with van der Waals surface area (Å²) in [6.45, 7) is 4.21. The molecule has 56 valence electrons. The smallest absolute Gasteiger partial charge is 0.127 e. The van der Waals surface area contributed by atoms with Crippen LogP contribution in [0.15, 0.2) is 0 Å². The fourth-order valence-corrected chi connectivity index (χ4v) is 1.84. The Kier molecular flexibility index (Phi) is 4.80. The standard InChI is InChI=1S/C6H14OS2/c1-4-6(5-2,7-8)9-3/h8H,4-5H2,1-3H3. The van der Waals surface area contributed by atoms with E-state index < -0.39 is 0 Å². The van der Waals surface area contributed by atoms with Crippen molar-refractivity contribution in [1.29, 1.82) is 0 Å². The number of hydrogen-bond donors (Lipinski definition) is 1. The van der Waals surface area contributed by atoms with Crippen molar-refractivity contribution in [3.05, 3.63) is 0 Å². The maximum absolute atomic E-state index is 5.04. The van der Waals surface area contributed by atoms with Crippen LogP contribution in [0.5, 0.6) is 0 Å². The molecule has 0 aromatic heterocycles. The minimum Gasteiger partial charge on any atom is -0.301 e. The van der Waals surface area contributed by atoms with Crippen molar-refractivity contribution in [3.63, 3.8) is 0 Å². The highest BCUT2D eigenvalue weighted by Crippen LogP contribution is 2.32. The number of rotatable bonds is 4. The van der Waals surface area contributed by atoms with Gasteiger partial charge in [-0.1, -0.05) is 13.8 Å². The second-order valence-corrected chi connectivity index (χ2v) is 3.25. The molecule has 0 spiro atoms. The fourth-order valence-electron chi connectivity index (χ4n) is 0.705. The van der Waals surface area contributed by atoms with E-state index in [1.807, 2.05) is 6.26 Å². The summed E-state index contributed by atoms with van der Waals surface area (Å²) in [4.78, 5) is -0.0525. The SMILES string of the molecule is CCC(CC)(OS)SC. The van der Waals surface area contributed by atoms with Crippen LogP contribution in [-0.4, -0.2) is 11.2 Å². The summed E-state index contributed by atoms with van der Waals surface area (Å²) in [7, 11) is 0. The Hall–Kier alpha value is 0.660. The molecule has 1 nitrogen and oxygen atoms in total. The van der Waals surface area contributed by atoms with Gasteiger partial charge in [0.15, 0.2) is 0 Å². The van der Waals surface area contributed by atoms with Crippen LogP contribution in [0.25, 0.3) is 0 Å². The summed E-state index contributed by atoms with van der Waals surface area (Å²) in [5, 5.41) is 0. The quantitative estimate of drug-likeness (QED) is 0.391. The first-order valence-electron chi connectivity index (χ1n) is 3.12. The van der Waals surface area contributed by atoms with Crippen molar-refractivity contribution in [2.75, 3.05) is 6.26 Å². The Balaban J connectivity index is 3.82. The van der Waals surface area contributed by atoms with Gasteiger partial charge in [-0.2, -0.15) is 0 Å². The van der Waals surface area contributed by atoms with E-state index >= 15 is 0 Å². The van der Waals surface area contributed by atoms with E-state index in [0.29, 0.717) is 0 Å². The lowest BCUT2D eigenvalue weighted by molar-refractivity contribution is 0.196. The van der Waals surface area contributed by atoms with Gasteiger partial charge in [0.05, 0.1) is 0 Å². The zero-order valence-corrected chi connectivity index (χ0v) is 7.89. The summed E-state index contributed by atoms with van der Waals surface area (Å²) < 4.78 is 5.04. The van der Waals surface area contributed by atoms with Crippen molar-refractivity contribution in [2.24, 2.45) is 0 Å². The van der Waals surface area contributed by atoms with Crippen LogP contribution >= 0.6 is 24.7 Å². The van der Waals surface area contributed by atoms with Gasteiger partial charge in [-0.3, -0.25) is 0 Å². The predicted molar refractivity (Wildman–Crippen MR) is 46.9 cm³/mol. The number of thioether (sulfide) groups is 1. The molecule has 0 aromatic rings. The van der Waals surface area contributed by atoms with Gasteiger partial charge < -0.3 is 4.18 Å². The van der Waals surface area contributed by atoms with Gasteiger partial charge in [-0.15, -0.1) is 11.8 Å². The maximum Gasteiger partial charge on any atom is 0.127 e. The summed E-state index contributed by atoms with van der Waals surface area (Å²) in [5.41, 5.74) is 0. The van der Waals surface area contributed by atoms with Gasteiger partial charge in [0.1, 0.15) is 4.93 Å². The first-order chi connectivity index (χ1) is 4.24. The molecular weight excluding hydrogens is 152 g/mol. The predicted octanol–water partition coefficient (Wildman–Crippen LogP) is 2.73. The van der Waals surface area contributed by atoms with Crippen molar-refractivity contribution in [1.82, 2.24) is 0 Å². The van der Waals surface area contributed by atoms with Gasteiger partial charge in [-0.25, -0.2) is 0 Å². The van der Waals surface area contributed by atoms with Crippen LogP contribution in [0.2, 0.25) is 0 Å². The molecular formula is C6H14OS2. The van der Waals surface area contributed by atoms with E-state index in [9.17, 15) is 0 Å². The zero-order chi connectivity index (χ0) is 7.33. The third-order valence-electron chi connectivity index (χ3n) is 1.62. The van der Waals surface area contributed by atoms with Crippen LogP contribution in [0.1, 0.15) is 26.7 Å². The molecule has 0 amide bonds. The van der Waals surface area contributed by atoms with E-state index in [1.54, 1.807) is 11.8 Å². The minimum atomic E-state index is -0.0525. The van der Waals surface area contributed by atoms with Gasteiger partial charge in [0.25, 0.3) is 0 Å². The summed E-state index contributed by atoms with van der Waals surface area (Å²) in [5.74, 6) is 0. The molecule has 0 aliphatic rings. The van der Waals surface area contributed by atoms with Crippen LogP contribution < -0.4 is 0 Å². The van der Waals surface area contributed by atoms with Crippen LogP contribution in [0, 0.1) is 0 Å². The van der Waals surface area contributed by atoms with Crippen molar-refractivity contribution in [3.8, 4) is 0 Å². The second-order valence-electron chi connectivity index (χ2n) is 1.91. The lowest BCUT2D eigenvalue weighted by Gasteiger charge is -2.25. The molecule has 0 heterocycles. The maximum atomic E-state index is 5.04. The number of thiol groups is 1. The van der Waals surface area contributed by atoms with Gasteiger partial charge in [0, 0.05) is 0 Å². The highest BCUT2D eigenvalue weighted by atomic mass is 32.2. The third kappa shape index (κ3) is 2.40. The van der Waals surface area contributed by atoms with Gasteiger partial charge in [0.2, 0.25) is 0 Å². The van der Waals surface area contributed by atoms with Crippen molar-refractivity contribution in [2.45, 2.75) is 31.6 Å². The average Bonchev–Trinajstić information content (AvgIpc) is 1.95. The summed E-state index contributed by atoms with van der Waals surface area (Å²) in [6.07, 6.45) is 4.06. The molecule has 3 heteroatoms. The van der Waals surface area contributed by atoms with Crippen molar-refractivity contribution < 1.29 is 4.18 Å². The van der Waals surface area contributed by atoms with Crippen LogP contribution in [0.3, 0.4) is 0 Å². The zero-order valence-electron chi connectivity index (χ0n) is 6.18. The Bertz CT molecular complexity index is 53.9. The van der Waals surface area contributed by atoms with Crippen molar-refractivity contribution >= 4 is 24.7 Å². The van der Waals surface area contributed by atoms with Crippen LogP contribution in [0.4, 0.5) is 0 Å². The molecule has 0 aliphatic carbocycles. The number of hydrogen-bond acceptors (Lipinski definition) is 3. The second kappa shape index (κ2) is 4.47. The molecule has 0 bridgehead atoms. The molecule has 0 N–H and O–H groups in total. The molecule has 0 atom stereocenters. The molecule has 0 rings (SSSR count). The van der Waals surface area contributed by atoms with Crippen LogP contribution in [-0.2, 0) is 4.18 Å². The van der Waals surface area contributed by atoms with E-state index in [1.165, 1.54) is 0 Å². The molecule has 0 saturated carbocycles. The summed E-state index contributed by atoms with van der Waals surface area (Å²) >= 11 is 5.54. The molecule has 9 heavy (non-hydrogen) atoms. The molecule has 0 aromatic carbocycles.